The molecule has 1 amide bonds. The van der Waals surface area contributed by atoms with Crippen LogP contribution in [-0.2, 0) is 4.74 Å². The van der Waals surface area contributed by atoms with Gasteiger partial charge in [-0.1, -0.05) is 12.1 Å². The van der Waals surface area contributed by atoms with E-state index < -0.39 is 5.60 Å². The van der Waals surface area contributed by atoms with E-state index in [0.717, 1.165) is 38.2 Å². The molecule has 1 saturated heterocycles. The molecule has 2 unspecified atom stereocenters. The third-order valence-electron chi connectivity index (χ3n) is 4.62. The molecule has 0 saturated carbocycles. The van der Waals surface area contributed by atoms with Crippen LogP contribution in [0, 0.1) is 5.92 Å². The number of likely N-dealkylation sites (tertiary alicyclic amines) is 1. The van der Waals surface area contributed by atoms with Gasteiger partial charge in [0.2, 0.25) is 0 Å². The fourth-order valence-electron chi connectivity index (χ4n) is 3.48. The van der Waals surface area contributed by atoms with Gasteiger partial charge in [-0.25, -0.2) is 4.79 Å². The maximum absolute atomic E-state index is 12.4. The summed E-state index contributed by atoms with van der Waals surface area (Å²) in [5.41, 5.74) is 0.797. The number of nitrogens with one attached hydrogen (secondary N) is 1. The molecule has 25 heavy (non-hydrogen) atoms. The van der Waals surface area contributed by atoms with Gasteiger partial charge in [0.05, 0.1) is 7.11 Å². The van der Waals surface area contributed by atoms with Crippen LogP contribution in [0.25, 0.3) is 0 Å². The predicted octanol–water partition coefficient (Wildman–Crippen LogP) is 3.65. The van der Waals surface area contributed by atoms with E-state index in [0.29, 0.717) is 11.8 Å². The minimum absolute atomic E-state index is 0.203. The fraction of sp³-hybridized carbons (Fsp3) is 0.650. The number of benzene rings is 1. The van der Waals surface area contributed by atoms with Crippen molar-refractivity contribution in [2.45, 2.75) is 45.1 Å². The molecule has 0 aromatic heterocycles. The van der Waals surface area contributed by atoms with Crippen LogP contribution in [0.2, 0.25) is 0 Å². The van der Waals surface area contributed by atoms with Gasteiger partial charge in [-0.2, -0.15) is 0 Å². The number of ether oxygens (including phenoxy) is 2. The molecular weight excluding hydrogens is 316 g/mol. The number of nitrogens with zero attached hydrogens (tertiary/aromatic N) is 1. The van der Waals surface area contributed by atoms with Crippen LogP contribution >= 0.6 is 0 Å². The first kappa shape index (κ1) is 19.6. The number of hydrogen-bond acceptors (Lipinski definition) is 4. The molecule has 1 N–H and O–H groups in total. The summed E-state index contributed by atoms with van der Waals surface area (Å²) < 4.78 is 10.9. The molecule has 1 aliphatic rings. The highest BCUT2D eigenvalue weighted by molar-refractivity contribution is 5.68. The number of piperidine rings is 1. The Labute approximate surface area is 151 Å². The Bertz CT molecular complexity index is 568. The number of carbonyl (C=O) groups is 1. The molecule has 1 heterocycles. The summed E-state index contributed by atoms with van der Waals surface area (Å²) in [4.78, 5) is 14.3. The zero-order chi connectivity index (χ0) is 18.4. The molecule has 1 fully saturated rings. The third kappa shape index (κ3) is 5.63. The van der Waals surface area contributed by atoms with Gasteiger partial charge < -0.3 is 19.7 Å². The Morgan fingerprint density at radius 2 is 2.16 bits per heavy atom. The van der Waals surface area contributed by atoms with Crippen molar-refractivity contribution < 1.29 is 14.3 Å². The quantitative estimate of drug-likeness (QED) is 0.882. The highest BCUT2D eigenvalue weighted by atomic mass is 16.6. The van der Waals surface area contributed by atoms with Crippen LogP contribution in [0.1, 0.15) is 45.1 Å². The van der Waals surface area contributed by atoms with Gasteiger partial charge >= 0.3 is 6.09 Å². The first-order valence-electron chi connectivity index (χ1n) is 9.10. The normalized spacial score (nSPS) is 19.4. The second-order valence-corrected chi connectivity index (χ2v) is 7.77. The Morgan fingerprint density at radius 3 is 2.80 bits per heavy atom. The first-order chi connectivity index (χ1) is 11.8. The molecule has 2 atom stereocenters. The minimum atomic E-state index is -0.457. The maximum Gasteiger partial charge on any atom is 0.410 e. The van der Waals surface area contributed by atoms with Crippen molar-refractivity contribution in [2.24, 2.45) is 5.92 Å². The van der Waals surface area contributed by atoms with E-state index in [1.807, 2.05) is 44.9 Å². The van der Waals surface area contributed by atoms with Crippen molar-refractivity contribution in [3.05, 3.63) is 29.8 Å². The van der Waals surface area contributed by atoms with Crippen LogP contribution in [0.5, 0.6) is 5.75 Å². The lowest BCUT2D eigenvalue weighted by Crippen LogP contribution is -2.45. The van der Waals surface area contributed by atoms with E-state index in [2.05, 4.69) is 17.4 Å². The van der Waals surface area contributed by atoms with Crippen molar-refractivity contribution >= 4 is 6.09 Å². The topological polar surface area (TPSA) is 50.8 Å². The fourth-order valence-corrected chi connectivity index (χ4v) is 3.48. The summed E-state index contributed by atoms with van der Waals surface area (Å²) in [5, 5.41) is 3.31. The molecule has 1 aliphatic heterocycles. The lowest BCUT2D eigenvalue weighted by molar-refractivity contribution is 0.0151. The molecule has 0 bridgehead atoms. The van der Waals surface area contributed by atoms with Crippen molar-refractivity contribution in [1.29, 1.82) is 0 Å². The number of likely N-dealkylation sites (N-methyl/N-ethyl adjacent to an activating group) is 1. The van der Waals surface area contributed by atoms with Crippen molar-refractivity contribution in [2.75, 3.05) is 33.8 Å². The highest BCUT2D eigenvalue weighted by Gasteiger charge is 2.32. The van der Waals surface area contributed by atoms with Gasteiger partial charge in [0.25, 0.3) is 0 Å². The Morgan fingerprint density at radius 1 is 1.40 bits per heavy atom. The van der Waals surface area contributed by atoms with E-state index in [9.17, 15) is 4.79 Å². The number of rotatable bonds is 5. The largest absolute Gasteiger partial charge is 0.497 e. The number of amides is 1. The van der Waals surface area contributed by atoms with Crippen molar-refractivity contribution in [3.8, 4) is 5.75 Å². The molecular formula is C20H32N2O3. The predicted molar refractivity (Wildman–Crippen MR) is 100 cm³/mol. The van der Waals surface area contributed by atoms with Crippen molar-refractivity contribution in [3.63, 3.8) is 0 Å². The van der Waals surface area contributed by atoms with Crippen molar-refractivity contribution in [1.82, 2.24) is 10.2 Å². The molecule has 1 aromatic carbocycles. The molecule has 5 nitrogen and oxygen atoms in total. The minimum Gasteiger partial charge on any atom is -0.497 e. The smallest absolute Gasteiger partial charge is 0.410 e. The Kier molecular flexibility index (Phi) is 6.71. The van der Waals surface area contributed by atoms with Gasteiger partial charge in [0.15, 0.2) is 0 Å². The lowest BCUT2D eigenvalue weighted by atomic mass is 9.81. The zero-order valence-electron chi connectivity index (χ0n) is 16.2. The third-order valence-corrected chi connectivity index (χ3v) is 4.62. The van der Waals surface area contributed by atoms with Gasteiger partial charge in [-0.15, -0.1) is 0 Å². The first-order valence-corrected chi connectivity index (χ1v) is 9.10. The SMILES string of the molecule is CNCC(c1cccc(OC)c1)C1CCCN(C(=O)OC(C)(C)C)C1. The molecule has 140 valence electrons. The van der Waals surface area contributed by atoms with Crippen LogP contribution in [0.4, 0.5) is 4.79 Å². The van der Waals surface area contributed by atoms with E-state index in [1.165, 1.54) is 5.56 Å². The highest BCUT2D eigenvalue weighted by Crippen LogP contribution is 2.33. The summed E-state index contributed by atoms with van der Waals surface area (Å²) >= 11 is 0. The summed E-state index contributed by atoms with van der Waals surface area (Å²) in [6, 6.07) is 8.25. The summed E-state index contributed by atoms with van der Waals surface area (Å²) in [7, 11) is 3.67. The second kappa shape index (κ2) is 8.56. The number of hydrogen-bond donors (Lipinski definition) is 1. The molecule has 0 radical (unpaired) electrons. The monoisotopic (exact) mass is 348 g/mol. The molecule has 0 aliphatic carbocycles. The van der Waals surface area contributed by atoms with Crippen LogP contribution in [0.15, 0.2) is 24.3 Å². The van der Waals surface area contributed by atoms with Crippen LogP contribution in [-0.4, -0.2) is 50.4 Å². The summed E-state index contributed by atoms with van der Waals surface area (Å²) in [5.74, 6) is 1.62. The Balaban J connectivity index is 2.13. The summed E-state index contributed by atoms with van der Waals surface area (Å²) in [6.45, 7) is 8.11. The maximum atomic E-state index is 12.4. The van der Waals surface area contributed by atoms with E-state index >= 15 is 0 Å². The average Bonchev–Trinajstić information content (AvgIpc) is 2.58. The number of methoxy groups -OCH3 is 1. The van der Waals surface area contributed by atoms with E-state index in [1.54, 1.807) is 7.11 Å². The molecule has 5 heteroatoms. The van der Waals surface area contributed by atoms with E-state index in [-0.39, 0.29) is 6.09 Å². The van der Waals surface area contributed by atoms with Crippen LogP contribution in [0.3, 0.4) is 0 Å². The lowest BCUT2D eigenvalue weighted by Gasteiger charge is -2.38. The molecule has 1 aromatic rings. The van der Waals surface area contributed by atoms with E-state index in [4.69, 9.17) is 9.47 Å². The molecule has 2 rings (SSSR count). The second-order valence-electron chi connectivity index (χ2n) is 7.77. The zero-order valence-corrected chi connectivity index (χ0v) is 16.2. The molecule has 0 spiro atoms. The Hall–Kier alpha value is -1.75. The standard InChI is InChI=1S/C20H32N2O3/c1-20(2,3)25-19(23)22-11-7-9-16(14-22)18(13-21-4)15-8-6-10-17(12-15)24-5/h6,8,10,12,16,18,21H,7,9,11,13-14H2,1-5H3. The van der Waals surface area contributed by atoms with Gasteiger partial charge in [0, 0.05) is 25.6 Å². The summed E-state index contributed by atoms with van der Waals surface area (Å²) in [6.07, 6.45) is 1.92. The van der Waals surface area contributed by atoms with Crippen LogP contribution < -0.4 is 10.1 Å². The van der Waals surface area contributed by atoms with Gasteiger partial charge in [0.1, 0.15) is 11.4 Å². The van der Waals surface area contributed by atoms with Gasteiger partial charge in [-0.05, 0) is 64.3 Å². The number of carbonyl (C=O) groups excluding carboxylic acids is 1. The van der Waals surface area contributed by atoms with Gasteiger partial charge in [-0.3, -0.25) is 0 Å². The average molecular weight is 348 g/mol.